The maximum Gasteiger partial charge on any atom is 0.211 e. The second-order valence-corrected chi connectivity index (χ2v) is 12.9. The van der Waals surface area contributed by atoms with E-state index in [9.17, 15) is 18.1 Å². The zero-order chi connectivity index (χ0) is 27.6. The number of rotatable bonds is 6. The summed E-state index contributed by atoms with van der Waals surface area (Å²) in [5, 5.41) is 15.4. The number of nitrogens with zero attached hydrogens (tertiary/aromatic N) is 8. The zero-order valence-corrected chi connectivity index (χ0v) is 23.6. The molecule has 0 amide bonds. The van der Waals surface area contributed by atoms with Gasteiger partial charge in [-0.2, -0.15) is 14.1 Å². The van der Waals surface area contributed by atoms with Crippen LogP contribution in [0.2, 0.25) is 0 Å². The lowest BCUT2D eigenvalue weighted by Crippen LogP contribution is -2.48. The minimum Gasteiger partial charge on any atom is -0.349 e. The average molecular weight is 567 g/mol. The van der Waals surface area contributed by atoms with E-state index in [0.29, 0.717) is 40.8 Å². The Kier molecular flexibility index (Phi) is 6.09. The molecule has 1 unspecified atom stereocenters. The summed E-state index contributed by atoms with van der Waals surface area (Å²) in [6.07, 6.45) is 2.71. The van der Waals surface area contributed by atoms with E-state index in [2.05, 4.69) is 11.0 Å². The molecule has 2 aliphatic rings. The van der Waals surface area contributed by atoms with Crippen molar-refractivity contribution in [1.29, 1.82) is 5.26 Å². The van der Waals surface area contributed by atoms with Gasteiger partial charge in [0.15, 0.2) is 16.6 Å². The third-order valence-electron chi connectivity index (χ3n) is 7.49. The van der Waals surface area contributed by atoms with E-state index >= 15 is 0 Å². The second kappa shape index (κ2) is 9.25. The number of anilines is 3. The van der Waals surface area contributed by atoms with Crippen molar-refractivity contribution in [3.63, 3.8) is 0 Å². The van der Waals surface area contributed by atoms with Gasteiger partial charge < -0.3 is 9.80 Å². The molecular formula is C26H27FN8O2S2. The Morgan fingerprint density at radius 1 is 1.21 bits per heavy atom. The summed E-state index contributed by atoms with van der Waals surface area (Å²) in [6.45, 7) is 5.08. The monoisotopic (exact) mass is 566 g/mol. The topological polar surface area (TPSA) is 111 Å². The number of piperazine rings is 1. The molecule has 13 heteroatoms. The Hall–Kier alpha value is -3.60. The lowest BCUT2D eigenvalue weighted by molar-refractivity contribution is 0.370. The number of hydrogen-bond donors (Lipinski definition) is 0. The van der Waals surface area contributed by atoms with Gasteiger partial charge in [0.1, 0.15) is 28.3 Å². The van der Waals surface area contributed by atoms with Crippen LogP contribution in [0.15, 0.2) is 30.3 Å². The molecule has 202 valence electrons. The van der Waals surface area contributed by atoms with Crippen LogP contribution in [0.3, 0.4) is 0 Å². The normalized spacial score (nSPS) is 19.2. The summed E-state index contributed by atoms with van der Waals surface area (Å²) in [4.78, 5) is 14.2. The first-order valence-corrected chi connectivity index (χ1v) is 15.3. The van der Waals surface area contributed by atoms with Crippen LogP contribution < -0.4 is 9.80 Å². The molecule has 0 radical (unpaired) electrons. The van der Waals surface area contributed by atoms with Crippen LogP contribution in [0.1, 0.15) is 29.5 Å². The third-order valence-corrected chi connectivity index (χ3v) is 9.82. The quantitative estimate of drug-likeness (QED) is 0.347. The number of aryl methyl sites for hydroxylation is 2. The van der Waals surface area contributed by atoms with Crippen LogP contribution in [-0.4, -0.2) is 70.8 Å². The largest absolute Gasteiger partial charge is 0.349 e. The van der Waals surface area contributed by atoms with Crippen molar-refractivity contribution in [2.24, 2.45) is 0 Å². The highest BCUT2D eigenvalue weighted by molar-refractivity contribution is 7.88. The molecule has 2 atom stereocenters. The van der Waals surface area contributed by atoms with E-state index in [0.717, 1.165) is 35.0 Å². The van der Waals surface area contributed by atoms with Crippen molar-refractivity contribution in [3.8, 4) is 17.3 Å². The first-order valence-electron chi connectivity index (χ1n) is 12.6. The maximum atomic E-state index is 13.5. The molecule has 4 aromatic rings. The van der Waals surface area contributed by atoms with Crippen molar-refractivity contribution < 1.29 is 12.8 Å². The van der Waals surface area contributed by atoms with Crippen LogP contribution in [0.5, 0.6) is 0 Å². The highest BCUT2D eigenvalue weighted by Crippen LogP contribution is 2.39. The summed E-state index contributed by atoms with van der Waals surface area (Å²) >= 11 is 1.26. The van der Waals surface area contributed by atoms with Crippen molar-refractivity contribution in [2.45, 2.75) is 38.8 Å². The number of nitriles is 1. The van der Waals surface area contributed by atoms with Crippen molar-refractivity contribution in [1.82, 2.24) is 23.9 Å². The molecule has 2 saturated heterocycles. The highest BCUT2D eigenvalue weighted by Gasteiger charge is 2.47. The summed E-state index contributed by atoms with van der Waals surface area (Å²) in [7, 11) is -1.36. The van der Waals surface area contributed by atoms with E-state index in [4.69, 9.17) is 15.1 Å². The fraction of sp³-hybridized carbons (Fsp3) is 0.385. The SMILES string of the molecule is CCc1nc2c(C)cc(N3C[C@H]4CC3CN4S(C)(=O)=O)nn2c1N(C)c1nc(-c2ccc(F)cc2)c(C#N)s1. The van der Waals surface area contributed by atoms with Gasteiger partial charge in [-0.25, -0.2) is 22.8 Å². The van der Waals surface area contributed by atoms with E-state index in [-0.39, 0.29) is 17.9 Å². The summed E-state index contributed by atoms with van der Waals surface area (Å²) in [5.74, 6) is 1.18. The summed E-state index contributed by atoms with van der Waals surface area (Å²) in [5.41, 5.74) is 3.70. The number of thiazole rings is 1. The third kappa shape index (κ3) is 4.23. The molecule has 0 spiro atoms. The number of imidazole rings is 1. The molecule has 0 saturated carbocycles. The van der Waals surface area contributed by atoms with E-state index < -0.39 is 10.0 Å². The minimum atomic E-state index is -3.24. The number of sulfonamides is 1. The number of benzene rings is 1. The Bertz CT molecular complexity index is 1740. The van der Waals surface area contributed by atoms with Crippen molar-refractivity contribution >= 4 is 43.8 Å². The van der Waals surface area contributed by atoms with E-state index in [1.807, 2.05) is 36.4 Å². The van der Waals surface area contributed by atoms with Crippen LogP contribution in [0.4, 0.5) is 21.2 Å². The lowest BCUT2D eigenvalue weighted by Gasteiger charge is -2.33. The van der Waals surface area contributed by atoms with Crippen LogP contribution >= 0.6 is 11.3 Å². The van der Waals surface area contributed by atoms with Gasteiger partial charge in [0.05, 0.1) is 11.9 Å². The van der Waals surface area contributed by atoms with Crippen molar-refractivity contribution in [3.05, 3.63) is 52.3 Å². The van der Waals surface area contributed by atoms with Gasteiger partial charge in [0, 0.05) is 37.8 Å². The molecule has 10 nitrogen and oxygen atoms in total. The Labute approximate surface area is 230 Å². The molecule has 3 aromatic heterocycles. The average Bonchev–Trinajstić information content (AvgIpc) is 3.69. The second-order valence-electron chi connectivity index (χ2n) is 10.0. The van der Waals surface area contributed by atoms with Crippen LogP contribution in [-0.2, 0) is 16.4 Å². The fourth-order valence-corrected chi connectivity index (χ4v) is 7.63. The maximum absolute atomic E-state index is 13.5. The summed E-state index contributed by atoms with van der Waals surface area (Å²) < 4.78 is 41.3. The van der Waals surface area contributed by atoms with Gasteiger partial charge in [-0.05, 0) is 55.7 Å². The smallest absolute Gasteiger partial charge is 0.211 e. The van der Waals surface area contributed by atoms with E-state index in [1.54, 1.807) is 16.4 Å². The van der Waals surface area contributed by atoms with E-state index in [1.165, 1.54) is 29.7 Å². The Balaban J connectivity index is 1.41. The Morgan fingerprint density at radius 3 is 2.56 bits per heavy atom. The molecule has 2 bridgehead atoms. The predicted octanol–water partition coefficient (Wildman–Crippen LogP) is 3.72. The molecule has 0 N–H and O–H groups in total. The van der Waals surface area contributed by atoms with Crippen molar-refractivity contribution in [2.75, 3.05) is 36.2 Å². The minimum absolute atomic E-state index is 0.0523. The van der Waals surface area contributed by atoms with Gasteiger partial charge in [-0.1, -0.05) is 18.3 Å². The number of aromatic nitrogens is 4. The molecule has 0 aliphatic carbocycles. The van der Waals surface area contributed by atoms with Crippen LogP contribution in [0, 0.1) is 24.1 Å². The molecule has 1 aromatic carbocycles. The predicted molar refractivity (Wildman–Crippen MR) is 148 cm³/mol. The summed E-state index contributed by atoms with van der Waals surface area (Å²) in [6, 6.07) is 10.2. The van der Waals surface area contributed by atoms with Gasteiger partial charge >= 0.3 is 0 Å². The van der Waals surface area contributed by atoms with Crippen LogP contribution in [0.25, 0.3) is 16.9 Å². The number of fused-ring (bicyclic) bond motifs is 3. The zero-order valence-electron chi connectivity index (χ0n) is 22.0. The molecule has 2 fully saturated rings. The molecular weight excluding hydrogens is 539 g/mol. The molecule has 6 rings (SSSR count). The first kappa shape index (κ1) is 25.7. The molecule has 5 heterocycles. The standard InChI is InChI=1S/C26H27FN8O2S2/c1-5-20-25(32(3)26-30-23(21(12-28)38-26)16-6-8-17(27)9-7-16)35-24(29-20)15(2)10-22(31-35)33-13-19-11-18(33)14-34(19)39(4,36)37/h6-10,18-19H,5,11,13-14H2,1-4H3/t18?,19-/m1/s1. The number of hydrogen-bond acceptors (Lipinski definition) is 9. The molecule has 2 aliphatic heterocycles. The molecule has 39 heavy (non-hydrogen) atoms. The highest BCUT2D eigenvalue weighted by atomic mass is 32.2. The van der Waals surface area contributed by atoms with Gasteiger partial charge in [-0.3, -0.25) is 0 Å². The van der Waals surface area contributed by atoms with Gasteiger partial charge in [0.2, 0.25) is 10.0 Å². The fourth-order valence-electron chi connectivity index (χ4n) is 5.64. The first-order chi connectivity index (χ1) is 18.6. The van der Waals surface area contributed by atoms with Gasteiger partial charge in [0.25, 0.3) is 0 Å². The van der Waals surface area contributed by atoms with Gasteiger partial charge in [-0.15, -0.1) is 5.10 Å². The Morgan fingerprint density at radius 2 is 1.95 bits per heavy atom. The lowest BCUT2D eigenvalue weighted by atomic mass is 10.1. The number of halogens is 1.